The molecule has 0 spiro atoms. The normalized spacial score (nSPS) is 10.1. The molecule has 0 aliphatic rings. The fourth-order valence-corrected chi connectivity index (χ4v) is 1.95. The zero-order valence-electron chi connectivity index (χ0n) is 9.05. The first-order valence-electron chi connectivity index (χ1n) is 5.09. The number of aryl methyl sites for hydroxylation is 1. The molecule has 1 rings (SSSR count). The van der Waals surface area contributed by atoms with Gasteiger partial charge in [0.05, 0.1) is 11.6 Å². The average molecular weight is 223 g/mol. The summed E-state index contributed by atoms with van der Waals surface area (Å²) in [4.78, 5) is 4.39. The van der Waals surface area contributed by atoms with E-state index < -0.39 is 0 Å². The Kier molecular flexibility index (Phi) is 6.02. The molecule has 15 heavy (non-hydrogen) atoms. The molecule has 0 atom stereocenters. The molecular weight excluding hydrogens is 206 g/mol. The minimum absolute atomic E-state index is 0.646. The minimum Gasteiger partial charge on any atom is -0.315 e. The van der Waals surface area contributed by atoms with Crippen LogP contribution in [0.4, 0.5) is 0 Å². The Morgan fingerprint density at radius 3 is 2.87 bits per heavy atom. The third-order valence-corrected chi connectivity index (χ3v) is 2.91. The topological polar surface area (TPSA) is 37.0 Å². The van der Waals surface area contributed by atoms with Gasteiger partial charge in [-0.15, -0.1) is 17.8 Å². The van der Waals surface area contributed by atoms with E-state index in [1.165, 1.54) is 5.01 Å². The summed E-state index contributed by atoms with van der Waals surface area (Å²) in [5, 5.41) is 9.76. The van der Waals surface area contributed by atoms with Gasteiger partial charge in [0.1, 0.15) is 0 Å². The standard InChI is InChI=1S/C11H17N3S/c1-3-5-12-7-8-13-6-4-11-14-10(2)9-15-11/h1,9,12-13H,4-8H2,2H3. The van der Waals surface area contributed by atoms with Crippen molar-refractivity contribution in [3.05, 3.63) is 16.1 Å². The predicted octanol–water partition coefficient (Wildman–Crippen LogP) is 0.806. The zero-order chi connectivity index (χ0) is 10.9. The van der Waals surface area contributed by atoms with Crippen molar-refractivity contribution in [1.29, 1.82) is 0 Å². The smallest absolute Gasteiger partial charge is 0.0940 e. The van der Waals surface area contributed by atoms with Crippen LogP contribution in [0.3, 0.4) is 0 Å². The molecule has 4 heteroatoms. The molecule has 0 saturated carbocycles. The molecule has 1 aromatic heterocycles. The van der Waals surface area contributed by atoms with E-state index >= 15 is 0 Å². The van der Waals surface area contributed by atoms with Crippen LogP contribution in [0.2, 0.25) is 0 Å². The fourth-order valence-electron chi connectivity index (χ4n) is 1.18. The van der Waals surface area contributed by atoms with Crippen molar-refractivity contribution in [2.45, 2.75) is 13.3 Å². The molecule has 0 fully saturated rings. The van der Waals surface area contributed by atoms with Crippen LogP contribution in [0.1, 0.15) is 10.7 Å². The van der Waals surface area contributed by atoms with Crippen molar-refractivity contribution < 1.29 is 0 Å². The Labute approximate surface area is 95.3 Å². The van der Waals surface area contributed by atoms with Gasteiger partial charge in [0.25, 0.3) is 0 Å². The van der Waals surface area contributed by atoms with E-state index in [9.17, 15) is 0 Å². The molecular formula is C11H17N3S. The Bertz CT molecular complexity index is 314. The summed E-state index contributed by atoms with van der Waals surface area (Å²) in [5.41, 5.74) is 1.12. The van der Waals surface area contributed by atoms with Crippen LogP contribution in [-0.2, 0) is 6.42 Å². The predicted molar refractivity (Wildman–Crippen MR) is 65.1 cm³/mol. The third-order valence-electron chi connectivity index (χ3n) is 1.89. The highest BCUT2D eigenvalue weighted by Crippen LogP contribution is 2.08. The van der Waals surface area contributed by atoms with Gasteiger partial charge in [-0.3, -0.25) is 0 Å². The second-order valence-electron chi connectivity index (χ2n) is 3.26. The number of nitrogens with zero attached hydrogens (tertiary/aromatic N) is 1. The van der Waals surface area contributed by atoms with Crippen LogP contribution < -0.4 is 10.6 Å². The molecule has 0 radical (unpaired) electrons. The lowest BCUT2D eigenvalue weighted by molar-refractivity contribution is 0.636. The molecule has 0 aliphatic heterocycles. The van der Waals surface area contributed by atoms with E-state index in [1.807, 2.05) is 6.92 Å². The van der Waals surface area contributed by atoms with Crippen molar-refractivity contribution >= 4 is 11.3 Å². The van der Waals surface area contributed by atoms with Crippen molar-refractivity contribution in [2.24, 2.45) is 0 Å². The summed E-state index contributed by atoms with van der Waals surface area (Å²) in [6, 6.07) is 0. The fraction of sp³-hybridized carbons (Fsp3) is 0.545. The molecule has 1 aromatic rings. The van der Waals surface area contributed by atoms with E-state index in [0.29, 0.717) is 6.54 Å². The average Bonchev–Trinajstić information content (AvgIpc) is 2.63. The van der Waals surface area contributed by atoms with Crippen LogP contribution in [0.25, 0.3) is 0 Å². The van der Waals surface area contributed by atoms with Gasteiger partial charge >= 0.3 is 0 Å². The molecule has 2 N–H and O–H groups in total. The highest BCUT2D eigenvalue weighted by Gasteiger charge is 1.97. The van der Waals surface area contributed by atoms with Crippen LogP contribution in [0.5, 0.6) is 0 Å². The van der Waals surface area contributed by atoms with Gasteiger partial charge in [0.2, 0.25) is 0 Å². The molecule has 0 bridgehead atoms. The zero-order valence-corrected chi connectivity index (χ0v) is 9.86. The van der Waals surface area contributed by atoms with Crippen molar-refractivity contribution in [3.8, 4) is 12.3 Å². The maximum Gasteiger partial charge on any atom is 0.0940 e. The van der Waals surface area contributed by atoms with Gasteiger partial charge in [-0.1, -0.05) is 5.92 Å². The highest BCUT2D eigenvalue weighted by molar-refractivity contribution is 7.09. The van der Waals surface area contributed by atoms with Gasteiger partial charge < -0.3 is 10.6 Å². The monoisotopic (exact) mass is 223 g/mol. The number of rotatable bonds is 7. The molecule has 3 nitrogen and oxygen atoms in total. The maximum absolute atomic E-state index is 5.11. The third kappa shape index (κ3) is 5.53. The summed E-state index contributed by atoms with van der Waals surface area (Å²) in [7, 11) is 0. The number of terminal acetylenes is 1. The molecule has 0 amide bonds. The van der Waals surface area contributed by atoms with Crippen LogP contribution in [-0.4, -0.2) is 31.2 Å². The van der Waals surface area contributed by atoms with Crippen molar-refractivity contribution in [1.82, 2.24) is 15.6 Å². The maximum atomic E-state index is 5.11. The quantitative estimate of drug-likeness (QED) is 0.530. The first-order valence-corrected chi connectivity index (χ1v) is 5.97. The lowest BCUT2D eigenvalue weighted by Crippen LogP contribution is -2.28. The SMILES string of the molecule is C#CCNCCNCCc1nc(C)cs1. The van der Waals surface area contributed by atoms with Gasteiger partial charge in [-0.2, -0.15) is 0 Å². The van der Waals surface area contributed by atoms with Crippen molar-refractivity contribution in [3.63, 3.8) is 0 Å². The molecule has 0 aromatic carbocycles. The van der Waals surface area contributed by atoms with Gasteiger partial charge in [0.15, 0.2) is 0 Å². The summed E-state index contributed by atoms with van der Waals surface area (Å²) in [5.74, 6) is 2.54. The molecule has 0 aliphatic carbocycles. The molecule has 0 unspecified atom stereocenters. The number of nitrogens with one attached hydrogen (secondary N) is 2. The second-order valence-corrected chi connectivity index (χ2v) is 4.21. The Morgan fingerprint density at radius 2 is 2.20 bits per heavy atom. The largest absolute Gasteiger partial charge is 0.315 e. The Hall–Kier alpha value is -0.890. The van der Waals surface area contributed by atoms with Crippen LogP contribution in [0, 0.1) is 19.3 Å². The minimum atomic E-state index is 0.646. The van der Waals surface area contributed by atoms with Gasteiger partial charge in [0, 0.05) is 37.1 Å². The van der Waals surface area contributed by atoms with Crippen molar-refractivity contribution in [2.75, 3.05) is 26.2 Å². The number of hydrogen-bond acceptors (Lipinski definition) is 4. The van der Waals surface area contributed by atoms with Gasteiger partial charge in [-0.05, 0) is 6.92 Å². The first kappa shape index (κ1) is 12.2. The highest BCUT2D eigenvalue weighted by atomic mass is 32.1. The molecule has 0 saturated heterocycles. The summed E-state index contributed by atoms with van der Waals surface area (Å²) < 4.78 is 0. The molecule has 1 heterocycles. The summed E-state index contributed by atoms with van der Waals surface area (Å²) in [6.07, 6.45) is 6.12. The number of aromatic nitrogens is 1. The number of hydrogen-bond donors (Lipinski definition) is 2. The van der Waals surface area contributed by atoms with E-state index in [0.717, 1.165) is 31.7 Å². The number of thiazole rings is 1. The van der Waals surface area contributed by atoms with Crippen LogP contribution in [0.15, 0.2) is 5.38 Å². The molecule has 82 valence electrons. The Balaban J connectivity index is 1.96. The van der Waals surface area contributed by atoms with E-state index in [4.69, 9.17) is 6.42 Å². The lowest BCUT2D eigenvalue weighted by atomic mass is 10.4. The van der Waals surface area contributed by atoms with Crippen LogP contribution >= 0.6 is 11.3 Å². The summed E-state index contributed by atoms with van der Waals surface area (Å²) in [6.45, 7) is 5.52. The second kappa shape index (κ2) is 7.41. The first-order chi connectivity index (χ1) is 7.33. The van der Waals surface area contributed by atoms with E-state index in [-0.39, 0.29) is 0 Å². The van der Waals surface area contributed by atoms with E-state index in [1.54, 1.807) is 11.3 Å². The van der Waals surface area contributed by atoms with E-state index in [2.05, 4.69) is 26.9 Å². The lowest BCUT2D eigenvalue weighted by Gasteiger charge is -2.02. The van der Waals surface area contributed by atoms with Gasteiger partial charge in [-0.25, -0.2) is 4.98 Å². The Morgan fingerprint density at radius 1 is 1.40 bits per heavy atom. The summed E-state index contributed by atoms with van der Waals surface area (Å²) >= 11 is 1.73.